The first-order valence-electron chi connectivity index (χ1n) is 6.15. The maximum atomic E-state index is 9.88. The van der Waals surface area contributed by atoms with Gasteiger partial charge in [0.15, 0.2) is 6.29 Å². The van der Waals surface area contributed by atoms with Gasteiger partial charge in [0.2, 0.25) is 0 Å². The first-order chi connectivity index (χ1) is 9.52. The highest BCUT2D eigenvalue weighted by Gasteiger charge is 2.43. The number of aromatic hydroxyl groups is 1. The summed E-state index contributed by atoms with van der Waals surface area (Å²) in [6, 6.07) is 5.11. The molecule has 1 aliphatic heterocycles. The van der Waals surface area contributed by atoms with Gasteiger partial charge < -0.3 is 30.3 Å². The molecule has 110 valence electrons. The molecule has 1 aromatic rings. The van der Waals surface area contributed by atoms with Crippen LogP contribution in [0.5, 0.6) is 5.75 Å². The van der Waals surface area contributed by atoms with E-state index in [-0.39, 0.29) is 5.75 Å². The largest absolute Gasteiger partial charge is 0.508 e. The van der Waals surface area contributed by atoms with Crippen molar-refractivity contribution in [2.45, 2.75) is 30.6 Å². The Morgan fingerprint density at radius 2 is 1.75 bits per heavy atom. The lowest BCUT2D eigenvalue weighted by molar-refractivity contribution is -0.248. The molecule has 0 spiro atoms. The van der Waals surface area contributed by atoms with E-state index in [9.17, 15) is 15.3 Å². The lowest BCUT2D eigenvalue weighted by atomic mass is 9.97. The van der Waals surface area contributed by atoms with Gasteiger partial charge in [0.1, 0.15) is 30.1 Å². The normalized spacial score (nSPS) is 34.5. The van der Waals surface area contributed by atoms with Crippen LogP contribution in [-0.4, -0.2) is 69.0 Å². The van der Waals surface area contributed by atoms with Crippen molar-refractivity contribution in [3.8, 4) is 5.75 Å². The van der Waals surface area contributed by atoms with Gasteiger partial charge in [-0.05, 0) is 29.8 Å². The zero-order chi connectivity index (χ0) is 14.7. The Kier molecular flexibility index (Phi) is 4.69. The lowest BCUT2D eigenvalue weighted by Gasteiger charge is -2.38. The van der Waals surface area contributed by atoms with Crippen LogP contribution in [0.1, 0.15) is 5.56 Å². The first kappa shape index (κ1) is 14.9. The predicted molar refractivity (Wildman–Crippen MR) is 69.5 cm³/mol. The van der Waals surface area contributed by atoms with E-state index < -0.39 is 37.3 Å². The Morgan fingerprint density at radius 3 is 2.35 bits per heavy atom. The third-order valence-corrected chi connectivity index (χ3v) is 3.16. The molecule has 0 bridgehead atoms. The van der Waals surface area contributed by atoms with Crippen molar-refractivity contribution < 1.29 is 30.3 Å². The summed E-state index contributed by atoms with van der Waals surface area (Å²) in [5.74, 6) is 0.115. The Hall–Kier alpha value is -1.51. The second kappa shape index (κ2) is 6.29. The Labute approximate surface area is 115 Å². The molecule has 1 fully saturated rings. The summed E-state index contributed by atoms with van der Waals surface area (Å²) in [5, 5.41) is 47.4. The first-order valence-corrected chi connectivity index (χ1v) is 6.15. The highest BCUT2D eigenvalue weighted by atomic mass is 16.6. The fourth-order valence-electron chi connectivity index (χ4n) is 1.98. The third kappa shape index (κ3) is 3.14. The summed E-state index contributed by atoms with van der Waals surface area (Å²) in [5.41, 5.74) is 0.654. The van der Waals surface area contributed by atoms with Gasteiger partial charge >= 0.3 is 0 Å². The quantitative estimate of drug-likeness (QED) is 0.435. The number of phenolic OH excluding ortho intramolecular Hbond substituents is 1. The van der Waals surface area contributed by atoms with Gasteiger partial charge in [-0.3, -0.25) is 4.99 Å². The fourth-order valence-corrected chi connectivity index (χ4v) is 1.98. The van der Waals surface area contributed by atoms with Crippen molar-refractivity contribution in [3.05, 3.63) is 29.8 Å². The minimum Gasteiger partial charge on any atom is -0.508 e. The number of aliphatic hydroxyl groups excluding tert-OH is 4. The number of rotatable bonds is 3. The van der Waals surface area contributed by atoms with E-state index in [4.69, 9.17) is 14.9 Å². The van der Waals surface area contributed by atoms with Crippen LogP contribution >= 0.6 is 0 Å². The monoisotopic (exact) mass is 283 g/mol. The van der Waals surface area contributed by atoms with Crippen LogP contribution in [0.2, 0.25) is 0 Å². The molecule has 20 heavy (non-hydrogen) atoms. The number of hydrogen-bond acceptors (Lipinski definition) is 7. The van der Waals surface area contributed by atoms with Gasteiger partial charge in [-0.25, -0.2) is 0 Å². The average molecular weight is 283 g/mol. The predicted octanol–water partition coefficient (Wildman–Crippen LogP) is -1.39. The molecular weight excluding hydrogens is 266 g/mol. The maximum Gasteiger partial charge on any atom is 0.180 e. The van der Waals surface area contributed by atoms with Gasteiger partial charge in [-0.2, -0.15) is 0 Å². The van der Waals surface area contributed by atoms with Gasteiger partial charge in [0.05, 0.1) is 6.61 Å². The van der Waals surface area contributed by atoms with Crippen molar-refractivity contribution in [2.24, 2.45) is 4.99 Å². The average Bonchev–Trinajstić information content (AvgIpc) is 2.44. The molecule has 5 N–H and O–H groups in total. The smallest absolute Gasteiger partial charge is 0.180 e. The third-order valence-electron chi connectivity index (χ3n) is 3.16. The van der Waals surface area contributed by atoms with Gasteiger partial charge in [-0.1, -0.05) is 0 Å². The fraction of sp³-hybridized carbons (Fsp3) is 0.462. The second-order valence-corrected chi connectivity index (χ2v) is 4.59. The number of aliphatic hydroxyl groups is 4. The topological polar surface area (TPSA) is 123 Å². The van der Waals surface area contributed by atoms with Crippen LogP contribution in [0.25, 0.3) is 0 Å². The zero-order valence-corrected chi connectivity index (χ0v) is 10.6. The van der Waals surface area contributed by atoms with E-state index in [1.54, 1.807) is 12.1 Å². The van der Waals surface area contributed by atoms with E-state index in [0.717, 1.165) is 0 Å². The van der Waals surface area contributed by atoms with Crippen molar-refractivity contribution >= 4 is 6.21 Å². The molecular formula is C13H17NO6. The van der Waals surface area contributed by atoms with Crippen LogP contribution in [0.3, 0.4) is 0 Å². The zero-order valence-electron chi connectivity index (χ0n) is 10.6. The summed E-state index contributed by atoms with van der Waals surface area (Å²) in [6.45, 7) is -0.510. The van der Waals surface area contributed by atoms with Gasteiger partial charge in [-0.15, -0.1) is 0 Å². The second-order valence-electron chi connectivity index (χ2n) is 4.59. The molecule has 0 radical (unpaired) electrons. The van der Waals surface area contributed by atoms with Crippen LogP contribution < -0.4 is 0 Å². The van der Waals surface area contributed by atoms with E-state index in [2.05, 4.69) is 4.99 Å². The Morgan fingerprint density at radius 1 is 1.10 bits per heavy atom. The minimum atomic E-state index is -1.42. The molecule has 7 nitrogen and oxygen atoms in total. The van der Waals surface area contributed by atoms with Crippen LogP contribution in [0.4, 0.5) is 0 Å². The molecule has 0 aliphatic carbocycles. The molecule has 0 unspecified atom stereocenters. The lowest BCUT2D eigenvalue weighted by Crippen LogP contribution is -2.57. The van der Waals surface area contributed by atoms with Crippen LogP contribution in [-0.2, 0) is 4.74 Å². The highest BCUT2D eigenvalue weighted by Crippen LogP contribution is 2.22. The molecule has 7 heteroatoms. The van der Waals surface area contributed by atoms with Crippen molar-refractivity contribution in [3.63, 3.8) is 0 Å². The van der Waals surface area contributed by atoms with Crippen molar-refractivity contribution in [2.75, 3.05) is 6.61 Å². The molecule has 1 saturated heterocycles. The molecule has 2 rings (SSSR count). The SMILES string of the molecule is OC[C@H]1O[C@@H](O)[C@H](N=Cc2ccc(O)cc2)[C@@H](O)[C@@H]1O. The molecule has 0 aromatic heterocycles. The van der Waals surface area contributed by atoms with Crippen molar-refractivity contribution in [1.29, 1.82) is 0 Å². The summed E-state index contributed by atoms with van der Waals surface area (Å²) >= 11 is 0. The van der Waals surface area contributed by atoms with Crippen molar-refractivity contribution in [1.82, 2.24) is 0 Å². The van der Waals surface area contributed by atoms with Crippen LogP contribution in [0, 0.1) is 0 Å². The molecule has 1 heterocycles. The number of ether oxygens (including phenoxy) is 1. The summed E-state index contributed by atoms with van der Waals surface area (Å²) in [6.07, 6.45) is -3.74. The number of benzene rings is 1. The number of phenols is 1. The number of nitrogens with zero attached hydrogens (tertiary/aromatic N) is 1. The van der Waals surface area contributed by atoms with E-state index in [0.29, 0.717) is 5.56 Å². The Bertz CT molecular complexity index is 462. The van der Waals surface area contributed by atoms with E-state index in [1.807, 2.05) is 0 Å². The minimum absolute atomic E-state index is 0.115. The van der Waals surface area contributed by atoms with E-state index in [1.165, 1.54) is 18.3 Å². The number of aliphatic imine (C=N–C) groups is 1. The summed E-state index contributed by atoms with van der Waals surface area (Å²) < 4.78 is 4.98. The molecule has 1 aliphatic rings. The highest BCUT2D eigenvalue weighted by molar-refractivity contribution is 5.79. The van der Waals surface area contributed by atoms with Crippen LogP contribution in [0.15, 0.2) is 29.3 Å². The van der Waals surface area contributed by atoms with Gasteiger partial charge in [0, 0.05) is 6.21 Å². The van der Waals surface area contributed by atoms with E-state index >= 15 is 0 Å². The van der Waals surface area contributed by atoms with Gasteiger partial charge in [0.25, 0.3) is 0 Å². The molecule has 1 aromatic carbocycles. The maximum absolute atomic E-state index is 9.88. The molecule has 5 atom stereocenters. The summed E-state index contributed by atoms with van der Waals surface area (Å²) in [4.78, 5) is 3.99. The summed E-state index contributed by atoms with van der Waals surface area (Å²) in [7, 11) is 0. The number of hydrogen-bond donors (Lipinski definition) is 5. The Balaban J connectivity index is 2.09. The molecule has 0 saturated carbocycles. The molecule has 0 amide bonds. The standard InChI is InChI=1S/C13H17NO6/c15-6-9-11(17)12(18)10(13(19)20-9)14-5-7-1-3-8(16)4-2-7/h1-5,9-13,15-19H,6H2/t9-,10-,11-,12-,13-/m1/s1.